The molecule has 2 saturated carbocycles. The summed E-state index contributed by atoms with van der Waals surface area (Å²) < 4.78 is 0. The van der Waals surface area contributed by atoms with Crippen LogP contribution in [-0.4, -0.2) is 30.4 Å². The molecule has 0 spiro atoms. The molecule has 2 N–H and O–H groups in total. The highest BCUT2D eigenvalue weighted by Crippen LogP contribution is 2.49. The quantitative estimate of drug-likeness (QED) is 0.895. The summed E-state index contributed by atoms with van der Waals surface area (Å²) in [6.45, 7) is 0. The maximum atomic E-state index is 12.3. The molecule has 19 heavy (non-hydrogen) atoms. The van der Waals surface area contributed by atoms with E-state index in [1.165, 1.54) is 11.1 Å². The van der Waals surface area contributed by atoms with E-state index in [1.54, 1.807) is 4.90 Å². The Hall–Kier alpha value is -1.35. The monoisotopic (exact) mass is 258 g/mol. The molecule has 1 aromatic carbocycles. The summed E-state index contributed by atoms with van der Waals surface area (Å²) in [4.78, 5) is 14.1. The number of carbonyl (C=O) groups is 1. The van der Waals surface area contributed by atoms with Crippen LogP contribution in [-0.2, 0) is 16.6 Å². The van der Waals surface area contributed by atoms with Gasteiger partial charge in [-0.05, 0) is 43.2 Å². The minimum absolute atomic E-state index is 0.0287. The molecular weight excluding hydrogens is 236 g/mol. The number of hydrogen-bond acceptors (Lipinski definition) is 2. The van der Waals surface area contributed by atoms with Crippen molar-refractivity contribution < 1.29 is 4.79 Å². The lowest BCUT2D eigenvalue weighted by Crippen LogP contribution is -2.33. The lowest BCUT2D eigenvalue weighted by Gasteiger charge is -2.21. The van der Waals surface area contributed by atoms with E-state index >= 15 is 0 Å². The molecule has 102 valence electrons. The van der Waals surface area contributed by atoms with Gasteiger partial charge in [0.25, 0.3) is 0 Å². The summed E-state index contributed by atoms with van der Waals surface area (Å²) in [5.74, 6) is 0.235. The SMILES string of the molecule is CN(C)C(=O)C1(c2cccc(CC3(N)CC3)c2)CC1. The normalized spacial score (nSPS) is 21.8. The molecule has 0 unspecified atom stereocenters. The van der Waals surface area contributed by atoms with E-state index in [1.807, 2.05) is 14.1 Å². The average molecular weight is 258 g/mol. The third-order valence-electron chi connectivity index (χ3n) is 4.49. The Bertz CT molecular complexity index is 513. The zero-order chi connectivity index (χ0) is 13.7. The van der Waals surface area contributed by atoms with Crippen LogP contribution in [0.1, 0.15) is 36.8 Å². The first kappa shape index (κ1) is 12.7. The first-order valence-corrected chi connectivity index (χ1v) is 7.05. The molecular formula is C16H22N2O. The predicted molar refractivity (Wildman–Crippen MR) is 75.9 cm³/mol. The molecule has 2 fully saturated rings. The number of nitrogens with two attached hydrogens (primary N) is 1. The molecule has 3 nitrogen and oxygen atoms in total. The van der Waals surface area contributed by atoms with Crippen molar-refractivity contribution in [3.8, 4) is 0 Å². The van der Waals surface area contributed by atoms with Gasteiger partial charge >= 0.3 is 0 Å². The van der Waals surface area contributed by atoms with E-state index in [0.29, 0.717) is 0 Å². The van der Waals surface area contributed by atoms with Crippen molar-refractivity contribution in [2.75, 3.05) is 14.1 Å². The van der Waals surface area contributed by atoms with Gasteiger partial charge in [0.1, 0.15) is 0 Å². The molecule has 0 saturated heterocycles. The van der Waals surface area contributed by atoms with Crippen molar-refractivity contribution >= 4 is 5.91 Å². The van der Waals surface area contributed by atoms with Crippen LogP contribution in [0.5, 0.6) is 0 Å². The molecule has 2 aliphatic carbocycles. The molecule has 0 atom stereocenters. The minimum atomic E-state index is -0.245. The summed E-state index contributed by atoms with van der Waals surface area (Å²) in [5.41, 5.74) is 8.42. The highest BCUT2D eigenvalue weighted by molar-refractivity contribution is 5.91. The first-order chi connectivity index (χ1) is 8.95. The van der Waals surface area contributed by atoms with Crippen LogP contribution in [0.4, 0.5) is 0 Å². The van der Waals surface area contributed by atoms with E-state index < -0.39 is 0 Å². The number of amides is 1. The standard InChI is InChI=1S/C16H22N2O/c1-18(2)14(19)16(8-9-16)13-5-3-4-12(10-13)11-15(17)6-7-15/h3-5,10H,6-9,11,17H2,1-2H3. The number of nitrogens with zero attached hydrogens (tertiary/aromatic N) is 1. The van der Waals surface area contributed by atoms with Crippen molar-refractivity contribution in [1.29, 1.82) is 0 Å². The van der Waals surface area contributed by atoms with E-state index in [-0.39, 0.29) is 16.9 Å². The summed E-state index contributed by atoms with van der Waals surface area (Å²) in [7, 11) is 3.68. The van der Waals surface area contributed by atoms with E-state index in [9.17, 15) is 4.79 Å². The van der Waals surface area contributed by atoms with Crippen LogP contribution in [0.25, 0.3) is 0 Å². The second kappa shape index (κ2) is 4.07. The Morgan fingerprint density at radius 3 is 2.47 bits per heavy atom. The van der Waals surface area contributed by atoms with Gasteiger partial charge in [-0.2, -0.15) is 0 Å². The van der Waals surface area contributed by atoms with E-state index in [2.05, 4.69) is 24.3 Å². The van der Waals surface area contributed by atoms with E-state index in [0.717, 1.165) is 32.1 Å². The average Bonchev–Trinajstić information content (AvgIpc) is 3.26. The van der Waals surface area contributed by atoms with Crippen LogP contribution in [0.15, 0.2) is 24.3 Å². The highest BCUT2D eigenvalue weighted by Gasteiger charge is 2.52. The fourth-order valence-corrected chi connectivity index (χ4v) is 2.90. The van der Waals surface area contributed by atoms with Crippen LogP contribution in [0.3, 0.4) is 0 Å². The van der Waals surface area contributed by atoms with Crippen molar-refractivity contribution in [2.24, 2.45) is 5.73 Å². The third kappa shape index (κ3) is 2.27. The molecule has 1 amide bonds. The van der Waals surface area contributed by atoms with Gasteiger partial charge in [-0.15, -0.1) is 0 Å². The molecule has 3 heteroatoms. The van der Waals surface area contributed by atoms with Gasteiger partial charge in [0.05, 0.1) is 5.41 Å². The smallest absolute Gasteiger partial charge is 0.232 e. The van der Waals surface area contributed by atoms with Gasteiger partial charge in [-0.3, -0.25) is 4.79 Å². The Kier molecular flexibility index (Phi) is 2.72. The fraction of sp³-hybridized carbons (Fsp3) is 0.562. The van der Waals surface area contributed by atoms with Gasteiger partial charge in [0.2, 0.25) is 5.91 Å². The van der Waals surface area contributed by atoms with Crippen molar-refractivity contribution in [1.82, 2.24) is 4.90 Å². The van der Waals surface area contributed by atoms with Gasteiger partial charge in [-0.25, -0.2) is 0 Å². The lowest BCUT2D eigenvalue weighted by molar-refractivity contribution is -0.131. The highest BCUT2D eigenvalue weighted by atomic mass is 16.2. The Morgan fingerprint density at radius 2 is 1.95 bits per heavy atom. The van der Waals surface area contributed by atoms with Crippen molar-refractivity contribution in [3.63, 3.8) is 0 Å². The molecule has 0 aromatic heterocycles. The van der Waals surface area contributed by atoms with Gasteiger partial charge in [0, 0.05) is 19.6 Å². The molecule has 3 rings (SSSR count). The molecule has 0 bridgehead atoms. The van der Waals surface area contributed by atoms with Gasteiger partial charge in [-0.1, -0.05) is 24.3 Å². The van der Waals surface area contributed by atoms with Gasteiger partial charge < -0.3 is 10.6 Å². The zero-order valence-electron chi connectivity index (χ0n) is 11.8. The predicted octanol–water partition coefficient (Wildman–Crippen LogP) is 1.84. The number of likely N-dealkylation sites (N-methyl/N-ethyl adjacent to an activating group) is 1. The number of carbonyl (C=O) groups excluding carboxylic acids is 1. The lowest BCUT2D eigenvalue weighted by atomic mass is 9.91. The zero-order valence-corrected chi connectivity index (χ0v) is 11.8. The summed E-state index contributed by atoms with van der Waals surface area (Å²) in [5, 5.41) is 0. The first-order valence-electron chi connectivity index (χ1n) is 7.05. The van der Waals surface area contributed by atoms with E-state index in [4.69, 9.17) is 5.73 Å². The Morgan fingerprint density at radius 1 is 1.26 bits per heavy atom. The summed E-state index contributed by atoms with van der Waals surface area (Å²) in [6.07, 6.45) is 5.13. The summed E-state index contributed by atoms with van der Waals surface area (Å²) >= 11 is 0. The largest absolute Gasteiger partial charge is 0.348 e. The van der Waals surface area contributed by atoms with Crippen LogP contribution in [0, 0.1) is 0 Å². The topological polar surface area (TPSA) is 46.3 Å². The Balaban J connectivity index is 1.85. The second-order valence-corrected chi connectivity index (χ2v) is 6.52. The maximum Gasteiger partial charge on any atom is 0.232 e. The van der Waals surface area contributed by atoms with Crippen molar-refractivity contribution in [3.05, 3.63) is 35.4 Å². The molecule has 1 aromatic rings. The molecule has 0 heterocycles. The minimum Gasteiger partial charge on any atom is -0.348 e. The fourth-order valence-electron chi connectivity index (χ4n) is 2.90. The van der Waals surface area contributed by atoms with Crippen LogP contribution in [0.2, 0.25) is 0 Å². The second-order valence-electron chi connectivity index (χ2n) is 6.52. The van der Waals surface area contributed by atoms with Crippen LogP contribution < -0.4 is 5.73 Å². The molecule has 0 radical (unpaired) electrons. The summed E-state index contributed by atoms with van der Waals surface area (Å²) in [6, 6.07) is 8.49. The third-order valence-corrected chi connectivity index (χ3v) is 4.49. The van der Waals surface area contributed by atoms with Crippen LogP contribution >= 0.6 is 0 Å². The number of benzene rings is 1. The van der Waals surface area contributed by atoms with Gasteiger partial charge in [0.15, 0.2) is 0 Å². The number of rotatable bonds is 4. The molecule has 2 aliphatic rings. The van der Waals surface area contributed by atoms with Crippen molar-refractivity contribution in [2.45, 2.75) is 43.1 Å². The maximum absolute atomic E-state index is 12.3. The number of hydrogen-bond donors (Lipinski definition) is 1. The Labute approximate surface area is 114 Å². The molecule has 0 aliphatic heterocycles.